The molecular formula is C18H20FNOS. The van der Waals surface area contributed by atoms with Crippen LogP contribution in [0.2, 0.25) is 0 Å². The molecule has 1 aromatic heterocycles. The fourth-order valence-electron chi connectivity index (χ4n) is 3.00. The van der Waals surface area contributed by atoms with E-state index in [1.807, 2.05) is 5.38 Å². The lowest BCUT2D eigenvalue weighted by atomic mass is 9.88. The molecule has 0 saturated carbocycles. The van der Waals surface area contributed by atoms with E-state index in [-0.39, 0.29) is 11.7 Å². The maximum atomic E-state index is 12.9. The number of hydrogen-bond donors (Lipinski definition) is 0. The minimum Gasteiger partial charge on any atom is -0.337 e. The molecule has 0 radical (unpaired) electrons. The fraction of sp³-hybridized carbons (Fsp3) is 0.389. The van der Waals surface area contributed by atoms with Crippen molar-refractivity contribution < 1.29 is 9.18 Å². The van der Waals surface area contributed by atoms with Crippen molar-refractivity contribution in [3.63, 3.8) is 0 Å². The van der Waals surface area contributed by atoms with Gasteiger partial charge in [-0.2, -0.15) is 0 Å². The number of rotatable bonds is 3. The Balaban J connectivity index is 1.75. The number of carbonyl (C=O) groups excluding carboxylic acids is 1. The van der Waals surface area contributed by atoms with Crippen LogP contribution in [0.25, 0.3) is 0 Å². The minimum atomic E-state index is -0.251. The minimum absolute atomic E-state index is 0.0661. The summed E-state index contributed by atoms with van der Waals surface area (Å²) in [7, 11) is 1.81. The van der Waals surface area contributed by atoms with Gasteiger partial charge in [-0.05, 0) is 48.4 Å². The molecule has 22 heavy (non-hydrogen) atoms. The van der Waals surface area contributed by atoms with E-state index >= 15 is 0 Å². The molecule has 0 fully saturated rings. The number of hydrogen-bond acceptors (Lipinski definition) is 2. The molecule has 1 unspecified atom stereocenters. The van der Waals surface area contributed by atoms with Gasteiger partial charge in [-0.25, -0.2) is 4.39 Å². The highest BCUT2D eigenvalue weighted by atomic mass is 32.1. The number of nitrogens with zero attached hydrogens (tertiary/aromatic N) is 1. The number of halogens is 1. The summed E-state index contributed by atoms with van der Waals surface area (Å²) in [6.45, 7) is 2.77. The molecule has 0 spiro atoms. The zero-order valence-corrected chi connectivity index (χ0v) is 13.8. The van der Waals surface area contributed by atoms with Gasteiger partial charge in [0.15, 0.2) is 0 Å². The summed E-state index contributed by atoms with van der Waals surface area (Å²) in [5.41, 5.74) is 3.05. The van der Waals surface area contributed by atoms with Gasteiger partial charge in [0, 0.05) is 23.8 Å². The molecule has 116 valence electrons. The Kier molecular flexibility index (Phi) is 4.30. The molecule has 1 aliphatic rings. The lowest BCUT2D eigenvalue weighted by Gasteiger charge is -2.21. The summed E-state index contributed by atoms with van der Waals surface area (Å²) in [4.78, 5) is 15.8. The van der Waals surface area contributed by atoms with Crippen LogP contribution in [0.4, 0.5) is 4.39 Å². The van der Waals surface area contributed by atoms with Crippen LogP contribution in [0.3, 0.4) is 0 Å². The van der Waals surface area contributed by atoms with E-state index < -0.39 is 0 Å². The fourth-order valence-corrected chi connectivity index (χ4v) is 4.24. The maximum Gasteiger partial charge on any atom is 0.255 e. The van der Waals surface area contributed by atoms with Crippen LogP contribution < -0.4 is 0 Å². The summed E-state index contributed by atoms with van der Waals surface area (Å²) >= 11 is 1.71. The van der Waals surface area contributed by atoms with Crippen molar-refractivity contribution in [2.24, 2.45) is 5.92 Å². The molecule has 1 atom stereocenters. The zero-order valence-electron chi connectivity index (χ0n) is 12.9. The Morgan fingerprint density at radius 2 is 2.09 bits per heavy atom. The summed E-state index contributed by atoms with van der Waals surface area (Å²) in [6, 6.07) is 6.32. The summed E-state index contributed by atoms with van der Waals surface area (Å²) in [6.07, 6.45) is 3.26. The number of benzene rings is 1. The van der Waals surface area contributed by atoms with Gasteiger partial charge in [0.2, 0.25) is 0 Å². The lowest BCUT2D eigenvalue weighted by molar-refractivity contribution is 0.0784. The van der Waals surface area contributed by atoms with Crippen molar-refractivity contribution in [2.75, 3.05) is 7.05 Å². The molecule has 0 aliphatic heterocycles. The van der Waals surface area contributed by atoms with Crippen LogP contribution in [0.1, 0.15) is 39.7 Å². The van der Waals surface area contributed by atoms with Crippen LogP contribution in [-0.2, 0) is 19.4 Å². The van der Waals surface area contributed by atoms with E-state index in [2.05, 4.69) is 6.92 Å². The standard InChI is InChI=1S/C18H20FNOS/c1-12-3-8-15-16(11-22-17(15)9-12)18(21)20(2)10-13-4-6-14(19)7-5-13/h4-7,11-12H,3,8-10H2,1-2H3. The Morgan fingerprint density at radius 3 is 2.82 bits per heavy atom. The largest absolute Gasteiger partial charge is 0.337 e. The van der Waals surface area contributed by atoms with Crippen LogP contribution in [0.5, 0.6) is 0 Å². The van der Waals surface area contributed by atoms with E-state index in [1.54, 1.807) is 35.4 Å². The first-order chi connectivity index (χ1) is 10.5. The molecule has 1 heterocycles. The zero-order chi connectivity index (χ0) is 15.7. The number of carbonyl (C=O) groups is 1. The highest BCUT2D eigenvalue weighted by Gasteiger charge is 2.24. The smallest absolute Gasteiger partial charge is 0.255 e. The molecule has 4 heteroatoms. The van der Waals surface area contributed by atoms with Gasteiger partial charge in [-0.3, -0.25) is 4.79 Å². The maximum absolute atomic E-state index is 12.9. The average molecular weight is 317 g/mol. The molecule has 1 aromatic carbocycles. The first kappa shape index (κ1) is 15.2. The molecule has 2 aromatic rings. The van der Waals surface area contributed by atoms with E-state index in [0.717, 1.165) is 30.4 Å². The predicted octanol–water partition coefficient (Wildman–Crippen LogP) is 4.28. The second kappa shape index (κ2) is 6.21. The van der Waals surface area contributed by atoms with E-state index in [0.29, 0.717) is 12.5 Å². The molecule has 2 nitrogen and oxygen atoms in total. The van der Waals surface area contributed by atoms with Crippen molar-refractivity contribution in [2.45, 2.75) is 32.7 Å². The molecule has 1 aliphatic carbocycles. The third-order valence-electron chi connectivity index (χ3n) is 4.31. The highest BCUT2D eigenvalue weighted by molar-refractivity contribution is 7.10. The van der Waals surface area contributed by atoms with Gasteiger partial charge >= 0.3 is 0 Å². The SMILES string of the molecule is CC1CCc2c(C(=O)N(C)Cc3ccc(F)cc3)csc2C1. The summed E-state index contributed by atoms with van der Waals surface area (Å²) in [5.74, 6) is 0.529. The quantitative estimate of drug-likeness (QED) is 0.827. The highest BCUT2D eigenvalue weighted by Crippen LogP contribution is 2.33. The van der Waals surface area contributed by atoms with Crippen molar-refractivity contribution in [3.05, 3.63) is 57.0 Å². The first-order valence-corrected chi connectivity index (χ1v) is 8.51. The van der Waals surface area contributed by atoms with Crippen molar-refractivity contribution in [1.29, 1.82) is 0 Å². The Hall–Kier alpha value is -1.68. The number of fused-ring (bicyclic) bond motifs is 1. The third kappa shape index (κ3) is 3.07. The van der Waals surface area contributed by atoms with Gasteiger partial charge in [0.1, 0.15) is 5.82 Å². The van der Waals surface area contributed by atoms with Gasteiger partial charge < -0.3 is 4.90 Å². The normalized spacial score (nSPS) is 17.1. The third-order valence-corrected chi connectivity index (χ3v) is 5.36. The number of amides is 1. The Morgan fingerprint density at radius 1 is 1.36 bits per heavy atom. The van der Waals surface area contributed by atoms with Gasteiger partial charge in [0.05, 0.1) is 5.56 Å². The topological polar surface area (TPSA) is 20.3 Å². The molecule has 0 saturated heterocycles. The van der Waals surface area contributed by atoms with Gasteiger partial charge in [-0.15, -0.1) is 11.3 Å². The van der Waals surface area contributed by atoms with Gasteiger partial charge in [-0.1, -0.05) is 19.1 Å². The Bertz CT molecular complexity index is 677. The van der Waals surface area contributed by atoms with Crippen LogP contribution >= 0.6 is 11.3 Å². The van der Waals surface area contributed by atoms with Crippen LogP contribution in [-0.4, -0.2) is 17.9 Å². The van der Waals surface area contributed by atoms with E-state index in [9.17, 15) is 9.18 Å². The van der Waals surface area contributed by atoms with Crippen molar-refractivity contribution >= 4 is 17.2 Å². The molecule has 0 N–H and O–H groups in total. The van der Waals surface area contributed by atoms with E-state index in [4.69, 9.17) is 0 Å². The second-order valence-electron chi connectivity index (χ2n) is 6.19. The molecule has 3 rings (SSSR count). The predicted molar refractivity (Wildman–Crippen MR) is 87.7 cm³/mol. The van der Waals surface area contributed by atoms with Crippen molar-refractivity contribution in [3.8, 4) is 0 Å². The molecule has 0 bridgehead atoms. The average Bonchev–Trinajstić information content (AvgIpc) is 2.91. The lowest BCUT2D eigenvalue weighted by Crippen LogP contribution is -2.27. The summed E-state index contributed by atoms with van der Waals surface area (Å²) < 4.78 is 12.9. The molecular weight excluding hydrogens is 297 g/mol. The molecule has 1 amide bonds. The Labute approximate surface area is 134 Å². The van der Waals surface area contributed by atoms with Crippen LogP contribution in [0, 0.1) is 11.7 Å². The monoisotopic (exact) mass is 317 g/mol. The second-order valence-corrected chi connectivity index (χ2v) is 7.15. The first-order valence-electron chi connectivity index (χ1n) is 7.63. The summed E-state index contributed by atoms with van der Waals surface area (Å²) in [5, 5.41) is 2.01. The van der Waals surface area contributed by atoms with E-state index in [1.165, 1.54) is 22.6 Å². The van der Waals surface area contributed by atoms with Crippen molar-refractivity contribution in [1.82, 2.24) is 4.90 Å². The van der Waals surface area contributed by atoms with Gasteiger partial charge in [0.25, 0.3) is 5.91 Å². The number of thiophene rings is 1. The van der Waals surface area contributed by atoms with Crippen LogP contribution in [0.15, 0.2) is 29.6 Å².